The van der Waals surface area contributed by atoms with E-state index >= 15 is 0 Å². The monoisotopic (exact) mass is 233 g/mol. The van der Waals surface area contributed by atoms with Gasteiger partial charge in [-0.2, -0.15) is 12.6 Å². The molecule has 1 nitrogen and oxygen atoms in total. The summed E-state index contributed by atoms with van der Waals surface area (Å²) in [6.07, 6.45) is 4.91. The highest BCUT2D eigenvalue weighted by Crippen LogP contribution is 2.15. The highest BCUT2D eigenvalue weighted by atomic mass is 35.5. The van der Waals surface area contributed by atoms with Crippen LogP contribution in [0.5, 0.6) is 0 Å². The molecule has 0 radical (unpaired) electrons. The Morgan fingerprint density at radius 3 is 2.46 bits per heavy atom. The molecule has 1 rings (SSSR count). The summed E-state index contributed by atoms with van der Waals surface area (Å²) >= 11 is 15.5. The maximum atomic E-state index is 5.72. The van der Waals surface area contributed by atoms with Crippen molar-refractivity contribution < 1.29 is 0 Å². The van der Waals surface area contributed by atoms with Gasteiger partial charge in [-0.25, -0.2) is 4.98 Å². The van der Waals surface area contributed by atoms with Crippen molar-refractivity contribution in [2.45, 2.75) is 6.42 Å². The largest absolute Gasteiger partial charge is 0.224 e. The van der Waals surface area contributed by atoms with Crippen LogP contribution in [-0.2, 0) is 0 Å². The molecule has 0 saturated carbocycles. The summed E-state index contributed by atoms with van der Waals surface area (Å²) in [4.78, 5) is 3.84. The number of hydrogen-bond donors (Lipinski definition) is 1. The minimum atomic E-state index is 0.415. The molecule has 70 valence electrons. The molecular weight excluding hydrogens is 225 g/mol. The van der Waals surface area contributed by atoms with Crippen LogP contribution in [0.1, 0.15) is 12.0 Å². The van der Waals surface area contributed by atoms with Gasteiger partial charge in [0.15, 0.2) is 0 Å². The molecule has 0 atom stereocenters. The molecule has 1 aromatic rings. The molecule has 0 unspecified atom stereocenters. The van der Waals surface area contributed by atoms with Gasteiger partial charge in [-0.15, -0.1) is 0 Å². The van der Waals surface area contributed by atoms with Crippen molar-refractivity contribution in [2.24, 2.45) is 0 Å². The lowest BCUT2D eigenvalue weighted by Gasteiger charge is -1.95. The normalized spacial score (nSPS) is 11.0. The van der Waals surface area contributed by atoms with Crippen molar-refractivity contribution in [2.75, 3.05) is 5.75 Å². The molecule has 1 heterocycles. The first-order chi connectivity index (χ1) is 6.22. The number of rotatable bonds is 3. The number of aromatic nitrogens is 1. The molecule has 0 saturated heterocycles. The highest BCUT2D eigenvalue weighted by molar-refractivity contribution is 7.80. The minimum absolute atomic E-state index is 0.415. The van der Waals surface area contributed by atoms with Gasteiger partial charge >= 0.3 is 0 Å². The second kappa shape index (κ2) is 5.53. The van der Waals surface area contributed by atoms with Crippen molar-refractivity contribution in [1.82, 2.24) is 4.98 Å². The summed E-state index contributed by atoms with van der Waals surface area (Å²) in [5, 5.41) is 0.830. The van der Waals surface area contributed by atoms with Crippen LogP contribution in [0.25, 0.3) is 6.08 Å². The zero-order chi connectivity index (χ0) is 9.68. The third-order valence-corrected chi connectivity index (χ3v) is 2.04. The van der Waals surface area contributed by atoms with Gasteiger partial charge in [0.05, 0.1) is 0 Å². The lowest BCUT2D eigenvalue weighted by atomic mass is 10.2. The van der Waals surface area contributed by atoms with Gasteiger partial charge in [0.2, 0.25) is 0 Å². The molecule has 0 aliphatic heterocycles. The zero-order valence-corrected chi connectivity index (χ0v) is 9.28. The molecule has 0 spiro atoms. The van der Waals surface area contributed by atoms with Crippen LogP contribution >= 0.6 is 35.8 Å². The molecule has 0 N–H and O–H groups in total. The molecule has 0 aliphatic carbocycles. The third kappa shape index (κ3) is 4.03. The summed E-state index contributed by atoms with van der Waals surface area (Å²) in [5.41, 5.74) is 0.965. The van der Waals surface area contributed by atoms with Gasteiger partial charge in [-0.05, 0) is 29.9 Å². The summed E-state index contributed by atoms with van der Waals surface area (Å²) in [6.45, 7) is 0. The average molecular weight is 234 g/mol. The van der Waals surface area contributed by atoms with E-state index in [4.69, 9.17) is 23.2 Å². The van der Waals surface area contributed by atoms with Crippen molar-refractivity contribution in [3.05, 3.63) is 34.1 Å². The second-order valence-electron chi connectivity index (χ2n) is 2.46. The predicted octanol–water partition coefficient (Wildman–Crippen LogP) is 3.72. The average Bonchev–Trinajstić information content (AvgIpc) is 2.03. The van der Waals surface area contributed by atoms with Crippen LogP contribution in [0.4, 0.5) is 0 Å². The first-order valence-corrected chi connectivity index (χ1v) is 5.21. The van der Waals surface area contributed by atoms with Crippen molar-refractivity contribution in [1.29, 1.82) is 0 Å². The molecule has 13 heavy (non-hydrogen) atoms. The fourth-order valence-electron chi connectivity index (χ4n) is 0.873. The molecule has 0 amide bonds. The second-order valence-corrected chi connectivity index (χ2v) is 3.68. The van der Waals surface area contributed by atoms with Gasteiger partial charge in [-0.3, -0.25) is 0 Å². The lowest BCUT2D eigenvalue weighted by molar-refractivity contribution is 1.26. The van der Waals surface area contributed by atoms with Crippen LogP contribution in [-0.4, -0.2) is 10.7 Å². The smallest absolute Gasteiger partial charge is 0.131 e. The first-order valence-electron chi connectivity index (χ1n) is 3.83. The Bertz CT molecular complexity index is 292. The molecule has 0 aliphatic rings. The number of pyridine rings is 1. The van der Waals surface area contributed by atoms with Crippen LogP contribution in [0, 0.1) is 0 Å². The Balaban J connectivity index is 2.77. The van der Waals surface area contributed by atoms with Crippen LogP contribution in [0.2, 0.25) is 10.3 Å². The number of hydrogen-bond acceptors (Lipinski definition) is 2. The molecule has 4 heteroatoms. The van der Waals surface area contributed by atoms with Gasteiger partial charge in [0.1, 0.15) is 10.3 Å². The van der Waals surface area contributed by atoms with E-state index in [1.165, 1.54) is 0 Å². The van der Waals surface area contributed by atoms with E-state index in [1.54, 1.807) is 12.1 Å². The van der Waals surface area contributed by atoms with Gasteiger partial charge in [0.25, 0.3) is 0 Å². The van der Waals surface area contributed by atoms with Gasteiger partial charge in [0, 0.05) is 0 Å². The fourth-order valence-corrected chi connectivity index (χ4v) is 1.50. The quantitative estimate of drug-likeness (QED) is 0.621. The number of thiol groups is 1. The van der Waals surface area contributed by atoms with Crippen molar-refractivity contribution in [3.63, 3.8) is 0 Å². The van der Waals surface area contributed by atoms with Crippen molar-refractivity contribution in [3.8, 4) is 0 Å². The van der Waals surface area contributed by atoms with E-state index in [2.05, 4.69) is 17.6 Å². The van der Waals surface area contributed by atoms with Crippen LogP contribution < -0.4 is 0 Å². The van der Waals surface area contributed by atoms with E-state index in [-0.39, 0.29) is 0 Å². The highest BCUT2D eigenvalue weighted by Gasteiger charge is 1.95. The summed E-state index contributed by atoms with van der Waals surface area (Å²) in [7, 11) is 0. The minimum Gasteiger partial charge on any atom is -0.224 e. The SMILES string of the molecule is SCCC=Cc1cc(Cl)nc(Cl)c1. The van der Waals surface area contributed by atoms with Crippen molar-refractivity contribution >= 4 is 41.9 Å². The third-order valence-electron chi connectivity index (χ3n) is 1.39. The summed E-state index contributed by atoms with van der Waals surface area (Å²) < 4.78 is 0. The van der Waals surface area contributed by atoms with E-state index in [0.717, 1.165) is 17.7 Å². The Kier molecular flexibility index (Phi) is 4.64. The Morgan fingerprint density at radius 1 is 1.31 bits per heavy atom. The predicted molar refractivity (Wildman–Crippen MR) is 61.8 cm³/mol. The molecule has 0 fully saturated rings. The fraction of sp³-hybridized carbons (Fsp3) is 0.222. The number of nitrogens with zero attached hydrogens (tertiary/aromatic N) is 1. The van der Waals surface area contributed by atoms with E-state index in [9.17, 15) is 0 Å². The Morgan fingerprint density at radius 2 is 1.92 bits per heavy atom. The standard InChI is InChI=1S/C9H9Cl2NS/c10-8-5-7(3-1-2-4-13)6-9(11)12-8/h1,3,5-6,13H,2,4H2. The van der Waals surface area contributed by atoms with Gasteiger partial charge < -0.3 is 0 Å². The summed E-state index contributed by atoms with van der Waals surface area (Å²) in [5.74, 6) is 0.836. The molecular formula is C9H9Cl2NS. The van der Waals surface area contributed by atoms with Crippen LogP contribution in [0.3, 0.4) is 0 Å². The first kappa shape index (κ1) is 10.9. The maximum absolute atomic E-state index is 5.72. The van der Waals surface area contributed by atoms with E-state index < -0.39 is 0 Å². The number of halogens is 2. The summed E-state index contributed by atoms with van der Waals surface area (Å²) in [6, 6.07) is 3.53. The Hall–Kier alpha value is -0.180. The zero-order valence-electron chi connectivity index (χ0n) is 6.87. The maximum Gasteiger partial charge on any atom is 0.131 e. The van der Waals surface area contributed by atoms with Crippen LogP contribution in [0.15, 0.2) is 18.2 Å². The Labute approximate surface area is 93.2 Å². The molecule has 0 bridgehead atoms. The topological polar surface area (TPSA) is 12.9 Å². The van der Waals surface area contributed by atoms with Gasteiger partial charge in [-0.1, -0.05) is 35.4 Å². The number of allylic oxidation sites excluding steroid dienone is 1. The van der Waals surface area contributed by atoms with E-state index in [1.807, 2.05) is 12.2 Å². The van der Waals surface area contributed by atoms with E-state index in [0.29, 0.717) is 10.3 Å². The molecule has 1 aromatic heterocycles. The lowest BCUT2D eigenvalue weighted by Crippen LogP contribution is -1.79. The molecule has 0 aromatic carbocycles.